The molecular formula is C27H26N4O3. The normalized spacial score (nSPS) is 16.9. The molecule has 2 aromatic carbocycles. The molecule has 2 atom stereocenters. The van der Waals surface area contributed by atoms with Crippen LogP contribution in [0.2, 0.25) is 0 Å². The van der Waals surface area contributed by atoms with Crippen LogP contribution in [0.1, 0.15) is 34.7 Å². The van der Waals surface area contributed by atoms with Crippen molar-refractivity contribution in [2.75, 3.05) is 0 Å². The quantitative estimate of drug-likeness (QED) is 0.426. The molecule has 7 nitrogen and oxygen atoms in total. The maximum atomic E-state index is 11.1. The zero-order valence-electron chi connectivity index (χ0n) is 19.4. The summed E-state index contributed by atoms with van der Waals surface area (Å²) in [5.74, 6) is -0.723. The van der Waals surface area contributed by atoms with Gasteiger partial charge in [-0.05, 0) is 72.4 Å². The lowest BCUT2D eigenvalue weighted by Crippen LogP contribution is -2.02. The lowest BCUT2D eigenvalue weighted by molar-refractivity contribution is -0.138. The smallest absolute Gasteiger partial charge is 0.307 e. The second kappa shape index (κ2) is 8.74. The van der Waals surface area contributed by atoms with Gasteiger partial charge in [-0.25, -0.2) is 4.98 Å². The summed E-state index contributed by atoms with van der Waals surface area (Å²) in [7, 11) is 1.95. The van der Waals surface area contributed by atoms with Crippen LogP contribution in [-0.4, -0.2) is 30.8 Å². The van der Waals surface area contributed by atoms with Gasteiger partial charge in [-0.1, -0.05) is 18.2 Å². The third kappa shape index (κ3) is 4.29. The minimum absolute atomic E-state index is 0.0357. The summed E-state index contributed by atoms with van der Waals surface area (Å²) in [6.07, 6.45) is 5.63. The van der Waals surface area contributed by atoms with Crippen molar-refractivity contribution in [3.63, 3.8) is 0 Å². The van der Waals surface area contributed by atoms with Gasteiger partial charge in [-0.2, -0.15) is 5.10 Å². The minimum atomic E-state index is -0.774. The van der Waals surface area contributed by atoms with Crippen LogP contribution < -0.4 is 4.74 Å². The number of carbonyl (C=O) groups is 1. The Morgan fingerprint density at radius 2 is 1.88 bits per heavy atom. The zero-order chi connectivity index (χ0) is 23.8. The van der Waals surface area contributed by atoms with Gasteiger partial charge in [0, 0.05) is 24.7 Å². The zero-order valence-corrected chi connectivity index (χ0v) is 19.4. The van der Waals surface area contributed by atoms with E-state index in [9.17, 15) is 4.79 Å². The Kier molecular flexibility index (Phi) is 5.61. The molecule has 0 radical (unpaired) electrons. The van der Waals surface area contributed by atoms with Gasteiger partial charge >= 0.3 is 5.97 Å². The van der Waals surface area contributed by atoms with Gasteiger partial charge in [0.1, 0.15) is 6.61 Å². The number of benzene rings is 2. The number of ether oxygens (including phenoxy) is 1. The summed E-state index contributed by atoms with van der Waals surface area (Å²) in [4.78, 5) is 19.7. The van der Waals surface area contributed by atoms with Gasteiger partial charge in [0.25, 0.3) is 0 Å². The minimum Gasteiger partial charge on any atom is -0.481 e. The highest BCUT2D eigenvalue weighted by atomic mass is 16.5. The molecule has 0 unspecified atom stereocenters. The Bertz CT molecular complexity index is 1340. The number of hydrogen-bond donors (Lipinski definition) is 1. The number of hydrogen-bond acceptors (Lipinski definition) is 5. The first-order valence-corrected chi connectivity index (χ1v) is 11.3. The maximum Gasteiger partial charge on any atom is 0.307 e. The van der Waals surface area contributed by atoms with Crippen LogP contribution in [0, 0.1) is 19.8 Å². The van der Waals surface area contributed by atoms with Crippen molar-refractivity contribution in [2.45, 2.75) is 32.8 Å². The van der Waals surface area contributed by atoms with Crippen molar-refractivity contribution in [2.24, 2.45) is 13.0 Å². The number of aryl methyl sites for hydroxylation is 3. The van der Waals surface area contributed by atoms with Crippen molar-refractivity contribution < 1.29 is 14.6 Å². The van der Waals surface area contributed by atoms with Crippen LogP contribution in [0.4, 0.5) is 0 Å². The second-order valence-corrected chi connectivity index (χ2v) is 8.88. The molecule has 5 rings (SSSR count). The summed E-state index contributed by atoms with van der Waals surface area (Å²) in [6, 6.07) is 14.8. The largest absolute Gasteiger partial charge is 0.481 e. The van der Waals surface area contributed by atoms with Crippen LogP contribution in [0.15, 0.2) is 61.1 Å². The van der Waals surface area contributed by atoms with E-state index >= 15 is 0 Å². The van der Waals surface area contributed by atoms with Gasteiger partial charge in [0.05, 0.1) is 29.7 Å². The van der Waals surface area contributed by atoms with E-state index in [2.05, 4.69) is 53.2 Å². The van der Waals surface area contributed by atoms with Crippen LogP contribution in [0.25, 0.3) is 22.4 Å². The summed E-state index contributed by atoms with van der Waals surface area (Å²) >= 11 is 0. The molecule has 4 aromatic rings. The number of carboxylic acid groups (broad SMARTS) is 1. The van der Waals surface area contributed by atoms with Crippen molar-refractivity contribution in [3.8, 4) is 28.3 Å². The molecule has 0 saturated heterocycles. The van der Waals surface area contributed by atoms with Gasteiger partial charge in [-0.3, -0.25) is 14.5 Å². The fourth-order valence-electron chi connectivity index (χ4n) is 4.58. The van der Waals surface area contributed by atoms with Crippen molar-refractivity contribution >= 4 is 5.97 Å². The Morgan fingerprint density at radius 1 is 1.09 bits per heavy atom. The van der Waals surface area contributed by atoms with Crippen LogP contribution >= 0.6 is 0 Å². The molecule has 1 fully saturated rings. The molecule has 1 aliphatic carbocycles. The number of aromatic nitrogens is 4. The summed E-state index contributed by atoms with van der Waals surface area (Å²) < 4.78 is 7.74. The standard InChI is InChI=1S/C27H26N4O3/c1-16-9-20(24-7-8-30-31(24)3)10-17(2)26(16)19-6-4-5-18(11-19)15-34-25-14-28-23(13-29-25)21-12-22(21)27(32)33/h4-11,13-14,21-22H,12,15H2,1-3H3,(H,32,33)/t21-,22-/m0/s1. The van der Waals surface area contributed by atoms with E-state index in [0.29, 0.717) is 24.6 Å². The van der Waals surface area contributed by atoms with Crippen LogP contribution in [0.5, 0.6) is 5.88 Å². The predicted octanol–water partition coefficient (Wildman–Crippen LogP) is 4.93. The van der Waals surface area contributed by atoms with Crippen molar-refractivity contribution in [1.82, 2.24) is 19.7 Å². The number of rotatable bonds is 7. The topological polar surface area (TPSA) is 90.1 Å². The fourth-order valence-corrected chi connectivity index (χ4v) is 4.58. The van der Waals surface area contributed by atoms with Gasteiger partial charge < -0.3 is 9.84 Å². The highest BCUT2D eigenvalue weighted by Crippen LogP contribution is 2.46. The first-order chi connectivity index (χ1) is 16.4. The molecule has 34 heavy (non-hydrogen) atoms. The molecule has 1 N–H and O–H groups in total. The van der Waals surface area contributed by atoms with Crippen molar-refractivity contribution in [1.29, 1.82) is 0 Å². The Hall–Kier alpha value is -4.00. The molecular weight excluding hydrogens is 428 g/mol. The summed E-state index contributed by atoms with van der Waals surface area (Å²) in [6.45, 7) is 4.64. The van der Waals surface area contributed by atoms with E-state index in [4.69, 9.17) is 9.84 Å². The Morgan fingerprint density at radius 3 is 2.50 bits per heavy atom. The molecule has 172 valence electrons. The van der Waals surface area contributed by atoms with E-state index < -0.39 is 5.97 Å². The molecule has 0 amide bonds. The third-order valence-corrected chi connectivity index (χ3v) is 6.39. The van der Waals surface area contributed by atoms with Crippen LogP contribution in [0.3, 0.4) is 0 Å². The maximum absolute atomic E-state index is 11.1. The monoisotopic (exact) mass is 454 g/mol. The SMILES string of the molecule is Cc1cc(-c2ccnn2C)cc(C)c1-c1cccc(COc2cnc([C@H]3C[C@@H]3C(=O)O)cn2)c1. The first kappa shape index (κ1) is 21.8. The van der Waals surface area contributed by atoms with E-state index in [0.717, 1.165) is 22.4 Å². The highest BCUT2D eigenvalue weighted by Gasteiger charge is 2.45. The van der Waals surface area contributed by atoms with E-state index in [1.54, 1.807) is 12.4 Å². The molecule has 0 spiro atoms. The number of aliphatic carboxylic acids is 1. The second-order valence-electron chi connectivity index (χ2n) is 8.88. The summed E-state index contributed by atoms with van der Waals surface area (Å²) in [5, 5.41) is 13.4. The van der Waals surface area contributed by atoms with Gasteiger partial charge in [-0.15, -0.1) is 0 Å². The van der Waals surface area contributed by atoms with Crippen molar-refractivity contribution in [3.05, 3.63) is 83.4 Å². The Balaban J connectivity index is 1.30. The average Bonchev–Trinajstić information content (AvgIpc) is 3.52. The van der Waals surface area contributed by atoms with E-state index in [-0.39, 0.29) is 11.8 Å². The molecule has 1 aliphatic rings. The molecule has 0 aliphatic heterocycles. The molecule has 2 aromatic heterocycles. The Labute approximate surface area is 198 Å². The van der Waals surface area contributed by atoms with Gasteiger partial charge in [0.2, 0.25) is 5.88 Å². The van der Waals surface area contributed by atoms with Gasteiger partial charge in [0.15, 0.2) is 0 Å². The van der Waals surface area contributed by atoms with Crippen LogP contribution in [-0.2, 0) is 18.4 Å². The van der Waals surface area contributed by atoms with E-state index in [1.165, 1.54) is 16.7 Å². The lowest BCUT2D eigenvalue weighted by Gasteiger charge is -2.14. The molecule has 2 heterocycles. The molecule has 7 heteroatoms. The fraction of sp³-hybridized carbons (Fsp3) is 0.259. The highest BCUT2D eigenvalue weighted by molar-refractivity contribution is 5.76. The lowest BCUT2D eigenvalue weighted by atomic mass is 9.92. The summed E-state index contributed by atoms with van der Waals surface area (Å²) in [5.41, 5.74) is 8.75. The number of carboxylic acids is 1. The average molecular weight is 455 g/mol. The predicted molar refractivity (Wildman–Crippen MR) is 128 cm³/mol. The first-order valence-electron chi connectivity index (χ1n) is 11.3. The molecule has 1 saturated carbocycles. The third-order valence-electron chi connectivity index (χ3n) is 6.39. The number of nitrogens with zero attached hydrogens (tertiary/aromatic N) is 4. The molecule has 0 bridgehead atoms. The van der Waals surface area contributed by atoms with E-state index in [1.807, 2.05) is 36.1 Å².